The number of likely N-dealkylation sites (N-methyl/N-ethyl adjacent to an activating group) is 1. The molecular formula is C34H39N11O10S4. The van der Waals surface area contributed by atoms with Crippen LogP contribution in [0.25, 0.3) is 0 Å². The summed E-state index contributed by atoms with van der Waals surface area (Å²) in [5.74, 6) is -4.19. The molecule has 314 valence electrons. The fourth-order valence-electron chi connectivity index (χ4n) is 7.42. The van der Waals surface area contributed by atoms with Crippen molar-refractivity contribution in [3.05, 3.63) is 44.7 Å². The minimum absolute atomic E-state index is 0.0613. The van der Waals surface area contributed by atoms with E-state index in [2.05, 4.69) is 43.3 Å². The molecule has 2 fully saturated rings. The number of thioether (sulfide) groups is 2. The van der Waals surface area contributed by atoms with E-state index in [1.807, 2.05) is 0 Å². The van der Waals surface area contributed by atoms with E-state index in [9.17, 15) is 33.9 Å². The van der Waals surface area contributed by atoms with Crippen molar-refractivity contribution >= 4 is 103 Å². The van der Waals surface area contributed by atoms with Gasteiger partial charge in [-0.25, -0.2) is 14.8 Å². The van der Waals surface area contributed by atoms with Gasteiger partial charge in [0.25, 0.3) is 23.6 Å². The Labute approximate surface area is 353 Å². The highest BCUT2D eigenvalue weighted by atomic mass is 32.2. The molecule has 0 radical (unpaired) electrons. The Kier molecular flexibility index (Phi) is 12.2. The molecule has 0 bridgehead atoms. The maximum absolute atomic E-state index is 13.8. The number of oxime groups is 2. The molecule has 7 rings (SSSR count). The van der Waals surface area contributed by atoms with E-state index >= 15 is 0 Å². The Balaban J connectivity index is 1.01. The van der Waals surface area contributed by atoms with Crippen LogP contribution in [0, 0.1) is 0 Å². The molecule has 5 aliphatic heterocycles. The first-order chi connectivity index (χ1) is 28.3. The van der Waals surface area contributed by atoms with Gasteiger partial charge in [-0.15, -0.1) is 46.2 Å². The summed E-state index contributed by atoms with van der Waals surface area (Å²) >= 11 is 4.77. The highest BCUT2D eigenvalue weighted by molar-refractivity contribution is 8.00. The maximum atomic E-state index is 13.8. The minimum atomic E-state index is -1.43. The molecule has 2 aromatic heterocycles. The fraction of sp³-hybridized carbons (Fsp3) is 0.471. The SMILES string of the molecule is CO/N=C(\C(=O)NC(C(=O)OC)C1NC2=C(CS1)CN(c1nc(/C(=N/OC)C(=O)N[C@@H]3C(=O)N4C(C(=O)[O-])=C(C[N+]5(C)CCCC5)CS[C@H]34)cs1)C2=O)c1csc(N)n1. The van der Waals surface area contributed by atoms with Gasteiger partial charge < -0.3 is 50.5 Å². The van der Waals surface area contributed by atoms with Crippen molar-refractivity contribution in [2.45, 2.75) is 35.7 Å². The Morgan fingerprint density at radius 2 is 1.69 bits per heavy atom. The summed E-state index contributed by atoms with van der Waals surface area (Å²) in [7, 11) is 5.73. The van der Waals surface area contributed by atoms with Crippen LogP contribution in [0.15, 0.2) is 43.6 Å². The number of thiazole rings is 2. The number of amides is 4. The van der Waals surface area contributed by atoms with Crippen molar-refractivity contribution in [3.8, 4) is 0 Å². The Morgan fingerprint density at radius 1 is 1.02 bits per heavy atom. The predicted molar refractivity (Wildman–Crippen MR) is 216 cm³/mol. The minimum Gasteiger partial charge on any atom is -0.543 e. The van der Waals surface area contributed by atoms with Gasteiger partial charge in [-0.3, -0.25) is 29.0 Å². The van der Waals surface area contributed by atoms with E-state index < -0.39 is 58.4 Å². The second kappa shape index (κ2) is 17.2. The molecule has 0 spiro atoms. The number of fused-ring (bicyclic) bond motifs is 1. The predicted octanol–water partition coefficient (Wildman–Crippen LogP) is -1.85. The first kappa shape index (κ1) is 41.9. The second-order valence-corrected chi connectivity index (χ2v) is 18.0. The zero-order valence-electron chi connectivity index (χ0n) is 32.0. The molecule has 7 heterocycles. The molecule has 2 aromatic rings. The number of carbonyl (C=O) groups is 6. The zero-order valence-corrected chi connectivity index (χ0v) is 35.3. The smallest absolute Gasteiger partial charge is 0.331 e. The van der Waals surface area contributed by atoms with Crippen LogP contribution in [-0.4, -0.2) is 155 Å². The van der Waals surface area contributed by atoms with Gasteiger partial charge in [0.15, 0.2) is 27.7 Å². The standard InChI is InChI=1S/C34H39N11O10S4/c1-45(7-5-6-8-45)10-16-12-57-30-23(29(49)44(30)24(16)31(50)51)39-26(47)21(42-55-4)18-14-59-34(37-18)43-9-15-11-56-27(40-19(15)28(43)48)22(32(52)53-2)38-25(46)20(41-54-3)17-13-58-33(35)36-17/h13-14,22-23,27,30,40H,5-12H2,1-4H3,(H4-,35,36,38,39,46,47,50,51)/b41-20-,42-21-/t22?,23-,27?,30-/m1/s1. The molecule has 2 saturated heterocycles. The number of aliphatic carboxylic acids is 1. The van der Waals surface area contributed by atoms with Crippen LogP contribution in [-0.2, 0) is 43.2 Å². The van der Waals surface area contributed by atoms with Gasteiger partial charge in [-0.1, -0.05) is 10.3 Å². The van der Waals surface area contributed by atoms with Crippen molar-refractivity contribution in [1.82, 2.24) is 30.8 Å². The van der Waals surface area contributed by atoms with Crippen LogP contribution in [0.4, 0.5) is 10.3 Å². The van der Waals surface area contributed by atoms with E-state index in [0.29, 0.717) is 33.7 Å². The molecule has 25 heteroatoms. The molecule has 5 aliphatic rings. The van der Waals surface area contributed by atoms with Crippen molar-refractivity contribution < 1.29 is 52.8 Å². The van der Waals surface area contributed by atoms with E-state index in [1.165, 1.54) is 65.4 Å². The number of β-lactam (4-membered cyclic amide) rings is 1. The Bertz CT molecular complexity index is 2210. The molecule has 59 heavy (non-hydrogen) atoms. The van der Waals surface area contributed by atoms with E-state index in [4.69, 9.17) is 20.1 Å². The van der Waals surface area contributed by atoms with Gasteiger partial charge in [-0.2, -0.15) is 0 Å². The lowest BCUT2D eigenvalue weighted by Crippen LogP contribution is -2.71. The monoisotopic (exact) mass is 889 g/mol. The van der Waals surface area contributed by atoms with Crippen molar-refractivity contribution in [3.63, 3.8) is 0 Å². The average Bonchev–Trinajstić information content (AvgIpc) is 4.04. The summed E-state index contributed by atoms with van der Waals surface area (Å²) < 4.78 is 5.67. The van der Waals surface area contributed by atoms with Crippen LogP contribution < -0.4 is 31.7 Å². The van der Waals surface area contributed by atoms with E-state index in [-0.39, 0.29) is 51.0 Å². The van der Waals surface area contributed by atoms with Crippen molar-refractivity contribution in [2.24, 2.45) is 10.3 Å². The number of nitrogen functional groups attached to an aromatic ring is 1. The Hall–Kier alpha value is -5.24. The number of carboxylic acid groups (broad SMARTS) is 1. The summed E-state index contributed by atoms with van der Waals surface area (Å²) in [5, 5.41) is 30.2. The largest absolute Gasteiger partial charge is 0.543 e. The lowest BCUT2D eigenvalue weighted by atomic mass is 10.0. The highest BCUT2D eigenvalue weighted by Gasteiger charge is 2.54. The van der Waals surface area contributed by atoms with Crippen LogP contribution >= 0.6 is 46.2 Å². The third-order valence-corrected chi connectivity index (χ3v) is 14.3. The lowest BCUT2D eigenvalue weighted by Gasteiger charge is -2.51. The third-order valence-electron chi connectivity index (χ3n) is 10.2. The number of hydrogen-bond donors (Lipinski definition) is 4. The molecular weight excluding hydrogens is 851 g/mol. The second-order valence-electron chi connectivity index (χ2n) is 14.1. The normalized spacial score (nSPS) is 23.2. The number of likely N-dealkylation sites (tertiary alicyclic amines) is 1. The van der Waals surface area contributed by atoms with Gasteiger partial charge in [0.05, 0.1) is 45.5 Å². The number of quaternary nitrogens is 1. The summed E-state index contributed by atoms with van der Waals surface area (Å²) in [6, 6.07) is -2.33. The molecule has 4 atom stereocenters. The van der Waals surface area contributed by atoms with Crippen LogP contribution in [0.1, 0.15) is 24.2 Å². The Morgan fingerprint density at radius 3 is 2.34 bits per heavy atom. The molecule has 5 N–H and O–H groups in total. The summed E-state index contributed by atoms with van der Waals surface area (Å²) in [6.45, 7) is 2.48. The maximum Gasteiger partial charge on any atom is 0.331 e. The number of carboxylic acids is 1. The lowest BCUT2D eigenvalue weighted by molar-refractivity contribution is -0.893. The van der Waals surface area contributed by atoms with Gasteiger partial charge in [0, 0.05) is 40.7 Å². The number of esters is 1. The number of ether oxygens (including phenoxy) is 1. The number of carbonyl (C=O) groups excluding carboxylic acids is 6. The molecule has 0 aliphatic carbocycles. The summed E-state index contributed by atoms with van der Waals surface area (Å²) in [5.41, 5.74) is 6.85. The number of hydrogen-bond acceptors (Lipinski definition) is 20. The van der Waals surface area contributed by atoms with Gasteiger partial charge in [-0.05, 0) is 5.57 Å². The van der Waals surface area contributed by atoms with Crippen LogP contribution in [0.5, 0.6) is 0 Å². The van der Waals surface area contributed by atoms with Gasteiger partial charge in [0.1, 0.15) is 54.6 Å². The number of rotatable bonds is 14. The fourth-order valence-corrected chi connectivity index (χ4v) is 11.3. The third kappa shape index (κ3) is 8.20. The summed E-state index contributed by atoms with van der Waals surface area (Å²) in [4.78, 5) is 101. The van der Waals surface area contributed by atoms with Gasteiger partial charge in [0.2, 0.25) is 0 Å². The molecule has 2 unspecified atom stereocenters. The molecule has 0 aromatic carbocycles. The van der Waals surface area contributed by atoms with Crippen molar-refractivity contribution in [1.29, 1.82) is 0 Å². The van der Waals surface area contributed by atoms with Gasteiger partial charge >= 0.3 is 5.97 Å². The molecule has 21 nitrogen and oxygen atoms in total. The number of methoxy groups -OCH3 is 1. The molecule has 0 saturated carbocycles. The zero-order chi connectivity index (χ0) is 42.2. The number of anilines is 2. The number of nitrogens with one attached hydrogen (secondary N) is 3. The number of nitrogens with zero attached hydrogens (tertiary/aromatic N) is 7. The first-order valence-electron chi connectivity index (χ1n) is 18.0. The number of aromatic nitrogens is 2. The van der Waals surface area contributed by atoms with Crippen LogP contribution in [0.3, 0.4) is 0 Å². The summed E-state index contributed by atoms with van der Waals surface area (Å²) in [6.07, 6.45) is 2.10. The first-order valence-corrected chi connectivity index (χ1v) is 21.9. The van der Waals surface area contributed by atoms with E-state index in [1.54, 1.807) is 0 Å². The van der Waals surface area contributed by atoms with Crippen molar-refractivity contribution in [2.75, 3.05) is 76.7 Å². The van der Waals surface area contributed by atoms with Crippen LogP contribution in [0.2, 0.25) is 0 Å². The average molecular weight is 890 g/mol. The highest BCUT2D eigenvalue weighted by Crippen LogP contribution is 2.41. The number of nitrogens with two attached hydrogens (primary N) is 1. The van der Waals surface area contributed by atoms with E-state index in [0.717, 1.165) is 48.6 Å². The topological polar surface area (TPSA) is 272 Å². The quantitative estimate of drug-likeness (QED) is 0.0533. The molecule has 4 amide bonds.